The van der Waals surface area contributed by atoms with Crippen molar-refractivity contribution in [3.8, 4) is 16.9 Å². The van der Waals surface area contributed by atoms with Crippen molar-refractivity contribution in [1.29, 1.82) is 0 Å². The number of hydrogen-bond donors (Lipinski definition) is 0. The third-order valence-corrected chi connectivity index (χ3v) is 3.91. The van der Waals surface area contributed by atoms with Gasteiger partial charge in [0.1, 0.15) is 10.9 Å². The quantitative estimate of drug-likeness (QED) is 0.815. The molecule has 2 aromatic heterocycles. The molecule has 0 aromatic carbocycles. The number of aromatic nitrogens is 3. The second-order valence-electron chi connectivity index (χ2n) is 5.12. The zero-order valence-electron chi connectivity index (χ0n) is 11.6. The van der Waals surface area contributed by atoms with Crippen molar-refractivity contribution < 1.29 is 4.74 Å². The van der Waals surface area contributed by atoms with Crippen molar-refractivity contribution in [2.24, 2.45) is 0 Å². The standard InChI is InChI=1S/C14H17ClN4O/c1-18-4-3-11(9-18)19-8-10(6-17-19)12-7-16-14(15)5-13(12)20-2/h5-8,11H,3-4,9H2,1-2H3. The van der Waals surface area contributed by atoms with Crippen molar-refractivity contribution in [3.05, 3.63) is 29.8 Å². The third kappa shape index (κ3) is 2.51. The van der Waals surface area contributed by atoms with Gasteiger partial charge in [-0.25, -0.2) is 4.98 Å². The number of methoxy groups -OCH3 is 1. The van der Waals surface area contributed by atoms with Gasteiger partial charge in [0.25, 0.3) is 0 Å². The molecular weight excluding hydrogens is 276 g/mol. The molecule has 1 atom stereocenters. The largest absolute Gasteiger partial charge is 0.496 e. The smallest absolute Gasteiger partial charge is 0.132 e. The third-order valence-electron chi connectivity index (χ3n) is 3.71. The van der Waals surface area contributed by atoms with Gasteiger partial charge < -0.3 is 9.64 Å². The highest BCUT2D eigenvalue weighted by atomic mass is 35.5. The molecule has 106 valence electrons. The maximum absolute atomic E-state index is 5.89. The molecule has 0 saturated carbocycles. The Hall–Kier alpha value is -1.59. The van der Waals surface area contributed by atoms with Gasteiger partial charge in [0.15, 0.2) is 0 Å². The minimum absolute atomic E-state index is 0.426. The fourth-order valence-corrected chi connectivity index (χ4v) is 2.75. The molecule has 0 spiro atoms. The number of halogens is 1. The van der Waals surface area contributed by atoms with E-state index in [-0.39, 0.29) is 0 Å². The molecule has 1 unspecified atom stereocenters. The van der Waals surface area contributed by atoms with Crippen LogP contribution < -0.4 is 4.74 Å². The van der Waals surface area contributed by atoms with Crippen LogP contribution in [0, 0.1) is 0 Å². The summed E-state index contributed by atoms with van der Waals surface area (Å²) in [5, 5.41) is 4.91. The van der Waals surface area contributed by atoms with Crippen LogP contribution in [0.25, 0.3) is 11.1 Å². The second-order valence-corrected chi connectivity index (χ2v) is 5.51. The van der Waals surface area contributed by atoms with Gasteiger partial charge in [-0.1, -0.05) is 11.6 Å². The second kappa shape index (κ2) is 5.42. The molecule has 1 aliphatic rings. The van der Waals surface area contributed by atoms with Crippen LogP contribution in [0.2, 0.25) is 5.15 Å². The molecule has 6 heteroatoms. The lowest BCUT2D eigenvalue weighted by molar-refractivity contribution is 0.382. The van der Waals surface area contributed by atoms with Crippen molar-refractivity contribution in [2.75, 3.05) is 27.2 Å². The molecule has 1 fully saturated rings. The van der Waals surface area contributed by atoms with Crippen LogP contribution in [0.15, 0.2) is 24.7 Å². The zero-order chi connectivity index (χ0) is 14.1. The summed E-state index contributed by atoms with van der Waals surface area (Å²) in [6, 6.07) is 2.16. The van der Waals surface area contributed by atoms with Crippen molar-refractivity contribution in [2.45, 2.75) is 12.5 Å². The predicted molar refractivity (Wildman–Crippen MR) is 78.2 cm³/mol. The number of pyridine rings is 1. The lowest BCUT2D eigenvalue weighted by Gasteiger charge is -2.10. The first-order valence-electron chi connectivity index (χ1n) is 6.60. The Morgan fingerprint density at radius 2 is 2.25 bits per heavy atom. The Balaban J connectivity index is 1.90. The van der Waals surface area contributed by atoms with E-state index < -0.39 is 0 Å². The van der Waals surface area contributed by atoms with Gasteiger partial charge >= 0.3 is 0 Å². The number of likely N-dealkylation sites (tertiary alicyclic amines) is 1. The lowest BCUT2D eigenvalue weighted by atomic mass is 10.1. The van der Waals surface area contributed by atoms with Gasteiger partial charge in [0.2, 0.25) is 0 Å². The van der Waals surface area contributed by atoms with Crippen LogP contribution in [0.3, 0.4) is 0 Å². The summed E-state index contributed by atoms with van der Waals surface area (Å²) < 4.78 is 7.40. The van der Waals surface area contributed by atoms with E-state index in [9.17, 15) is 0 Å². The molecule has 0 aliphatic carbocycles. The molecule has 0 radical (unpaired) electrons. The maximum Gasteiger partial charge on any atom is 0.132 e. The van der Waals surface area contributed by atoms with Crippen LogP contribution in [0.5, 0.6) is 5.75 Å². The average Bonchev–Trinajstić information content (AvgIpc) is 3.07. The zero-order valence-corrected chi connectivity index (χ0v) is 12.3. The highest BCUT2D eigenvalue weighted by Gasteiger charge is 2.22. The first kappa shape index (κ1) is 13.4. The number of likely N-dealkylation sites (N-methyl/N-ethyl adjacent to an activating group) is 1. The van der Waals surface area contributed by atoms with Gasteiger partial charge in [-0.2, -0.15) is 5.10 Å². The topological polar surface area (TPSA) is 43.2 Å². The number of rotatable bonds is 3. The van der Waals surface area contributed by atoms with E-state index in [1.807, 2.05) is 10.9 Å². The molecule has 1 aliphatic heterocycles. The summed E-state index contributed by atoms with van der Waals surface area (Å²) in [7, 11) is 3.77. The Kier molecular flexibility index (Phi) is 3.63. The van der Waals surface area contributed by atoms with Crippen molar-refractivity contribution in [1.82, 2.24) is 19.7 Å². The maximum atomic E-state index is 5.89. The molecule has 0 amide bonds. The summed E-state index contributed by atoms with van der Waals surface area (Å²) in [5.74, 6) is 0.716. The molecule has 5 nitrogen and oxygen atoms in total. The summed E-state index contributed by atoms with van der Waals surface area (Å²) in [5.41, 5.74) is 1.91. The molecular formula is C14H17ClN4O. The molecule has 0 N–H and O–H groups in total. The minimum atomic E-state index is 0.426. The molecule has 3 rings (SSSR count). The van der Waals surface area contributed by atoms with Gasteiger partial charge in [0, 0.05) is 36.1 Å². The van der Waals surface area contributed by atoms with Crippen LogP contribution in [0.1, 0.15) is 12.5 Å². The molecule has 20 heavy (non-hydrogen) atoms. The fourth-order valence-electron chi connectivity index (χ4n) is 2.60. The van der Waals surface area contributed by atoms with Gasteiger partial charge in [-0.15, -0.1) is 0 Å². The highest BCUT2D eigenvalue weighted by molar-refractivity contribution is 6.29. The summed E-state index contributed by atoms with van der Waals surface area (Å²) in [6.45, 7) is 2.16. The van der Waals surface area contributed by atoms with Gasteiger partial charge in [-0.05, 0) is 20.0 Å². The molecule has 3 heterocycles. The Morgan fingerprint density at radius 3 is 2.95 bits per heavy atom. The van der Waals surface area contributed by atoms with E-state index in [1.165, 1.54) is 0 Å². The summed E-state index contributed by atoms with van der Waals surface area (Å²) in [6.07, 6.45) is 6.76. The fraction of sp³-hybridized carbons (Fsp3) is 0.429. The summed E-state index contributed by atoms with van der Waals surface area (Å²) in [4.78, 5) is 6.44. The first-order valence-corrected chi connectivity index (χ1v) is 6.98. The first-order chi connectivity index (χ1) is 9.67. The van der Waals surface area contributed by atoms with E-state index in [0.717, 1.165) is 30.6 Å². The monoisotopic (exact) mass is 292 g/mol. The predicted octanol–water partition coefficient (Wildman–Crippen LogP) is 2.48. The van der Waals surface area contributed by atoms with Gasteiger partial charge in [0.05, 0.1) is 19.3 Å². The number of hydrogen-bond acceptors (Lipinski definition) is 4. The van der Waals surface area contributed by atoms with Crippen LogP contribution in [-0.2, 0) is 0 Å². The van der Waals surface area contributed by atoms with E-state index in [0.29, 0.717) is 16.9 Å². The van der Waals surface area contributed by atoms with E-state index in [1.54, 1.807) is 19.4 Å². The highest BCUT2D eigenvalue weighted by Crippen LogP contribution is 2.31. The Morgan fingerprint density at radius 1 is 1.40 bits per heavy atom. The van der Waals surface area contributed by atoms with Gasteiger partial charge in [-0.3, -0.25) is 4.68 Å². The molecule has 1 saturated heterocycles. The van der Waals surface area contributed by atoms with E-state index in [2.05, 4.69) is 28.2 Å². The Bertz CT molecular complexity index is 613. The van der Waals surface area contributed by atoms with Crippen LogP contribution in [-0.4, -0.2) is 46.9 Å². The average molecular weight is 293 g/mol. The van der Waals surface area contributed by atoms with Crippen LogP contribution >= 0.6 is 11.6 Å². The number of nitrogens with zero attached hydrogens (tertiary/aromatic N) is 4. The van der Waals surface area contributed by atoms with Crippen molar-refractivity contribution in [3.63, 3.8) is 0 Å². The Labute approximate surface area is 123 Å². The van der Waals surface area contributed by atoms with E-state index in [4.69, 9.17) is 16.3 Å². The molecule has 0 bridgehead atoms. The number of ether oxygens (including phenoxy) is 1. The van der Waals surface area contributed by atoms with E-state index >= 15 is 0 Å². The summed E-state index contributed by atoms with van der Waals surface area (Å²) >= 11 is 5.89. The molecule has 2 aromatic rings. The normalized spacial score (nSPS) is 19.4. The SMILES string of the molecule is COc1cc(Cl)ncc1-c1cnn(C2CCN(C)C2)c1. The van der Waals surface area contributed by atoms with Crippen LogP contribution in [0.4, 0.5) is 0 Å². The minimum Gasteiger partial charge on any atom is -0.496 e. The lowest BCUT2D eigenvalue weighted by Crippen LogP contribution is -2.16. The van der Waals surface area contributed by atoms with Crippen molar-refractivity contribution >= 4 is 11.6 Å².